The molecule has 51 heavy (non-hydrogen) atoms. The lowest BCUT2D eigenvalue weighted by molar-refractivity contribution is -0.136. The van der Waals surface area contributed by atoms with Crippen LogP contribution in [0, 0.1) is 0 Å². The molecule has 2 atom stereocenters. The van der Waals surface area contributed by atoms with Crippen LogP contribution in [0.4, 0.5) is 11.4 Å². The molecule has 2 saturated heterocycles. The van der Waals surface area contributed by atoms with Gasteiger partial charge >= 0.3 is 0 Å². The van der Waals surface area contributed by atoms with Crippen LogP contribution in [-0.2, 0) is 32.0 Å². The summed E-state index contributed by atoms with van der Waals surface area (Å²) in [5, 5.41) is 5.93. The number of anilines is 2. The van der Waals surface area contributed by atoms with Gasteiger partial charge in [-0.05, 0) is 85.3 Å². The Kier molecular flexibility index (Phi) is 10.0. The summed E-state index contributed by atoms with van der Waals surface area (Å²) < 4.78 is 6.06. The summed E-state index contributed by atoms with van der Waals surface area (Å²) in [6.45, 7) is 1.15. The van der Waals surface area contributed by atoms with Gasteiger partial charge in [0.1, 0.15) is 12.1 Å². The highest BCUT2D eigenvalue weighted by atomic mass is 16.4. The second kappa shape index (κ2) is 15.2. The van der Waals surface area contributed by atoms with E-state index in [1.165, 1.54) is 0 Å². The van der Waals surface area contributed by atoms with Crippen molar-refractivity contribution in [1.29, 1.82) is 0 Å². The van der Waals surface area contributed by atoms with Crippen molar-refractivity contribution in [3.63, 3.8) is 0 Å². The van der Waals surface area contributed by atoms with E-state index in [4.69, 9.17) is 4.42 Å². The molecule has 2 unspecified atom stereocenters. The number of hydrogen-bond donors (Lipinski definition) is 2. The number of oxazole rings is 1. The molecule has 2 aliphatic heterocycles. The van der Waals surface area contributed by atoms with Gasteiger partial charge < -0.3 is 24.9 Å². The second-order valence-corrected chi connectivity index (χ2v) is 13.0. The number of amides is 4. The van der Waals surface area contributed by atoms with Gasteiger partial charge in [-0.2, -0.15) is 0 Å². The fraction of sp³-hybridized carbons (Fsp3) is 0.244. The van der Waals surface area contributed by atoms with Crippen molar-refractivity contribution < 1.29 is 23.6 Å². The first kappa shape index (κ1) is 33.5. The number of nitrogens with zero attached hydrogens (tertiary/aromatic N) is 3. The van der Waals surface area contributed by atoms with Gasteiger partial charge in [0, 0.05) is 35.6 Å². The lowest BCUT2D eigenvalue weighted by Crippen LogP contribution is -2.43. The van der Waals surface area contributed by atoms with Crippen molar-refractivity contribution in [3.05, 3.63) is 127 Å². The minimum atomic E-state index is -0.499. The van der Waals surface area contributed by atoms with E-state index in [2.05, 4.69) is 15.6 Å². The summed E-state index contributed by atoms with van der Waals surface area (Å²) in [5.41, 5.74) is 4.65. The summed E-state index contributed by atoms with van der Waals surface area (Å²) >= 11 is 0. The van der Waals surface area contributed by atoms with Crippen LogP contribution in [-0.4, -0.2) is 63.6 Å². The van der Waals surface area contributed by atoms with Crippen LogP contribution in [0.3, 0.4) is 0 Å². The minimum Gasteiger partial charge on any atom is -0.436 e. The lowest BCUT2D eigenvalue weighted by Gasteiger charge is -2.24. The normalized spacial score (nSPS) is 16.9. The van der Waals surface area contributed by atoms with Crippen molar-refractivity contribution in [1.82, 2.24) is 14.8 Å². The molecular weight excluding hydrogens is 642 g/mol. The standard InChI is InChI=1S/C41H39N5O5/c47-37(25-28-9-3-1-4-10-28)45-23-7-13-34(45)39(49)43-32-19-15-30(16-20-32)36-27-42-41(51-36)31-17-21-33(22-18-31)44-40(50)35-14-8-24-46(35)38(48)26-29-11-5-2-6-12-29/h1-6,9-12,15-22,27,34-35H,7-8,13-14,23-26H2,(H,43,49)(H,44,50). The van der Waals surface area contributed by atoms with Crippen molar-refractivity contribution >= 4 is 35.0 Å². The molecule has 5 aromatic rings. The molecule has 0 aliphatic carbocycles. The monoisotopic (exact) mass is 681 g/mol. The average Bonchev–Trinajstić information content (AvgIpc) is 3.95. The van der Waals surface area contributed by atoms with Crippen molar-refractivity contribution in [3.8, 4) is 22.8 Å². The van der Waals surface area contributed by atoms with Crippen LogP contribution in [0.5, 0.6) is 0 Å². The average molecular weight is 682 g/mol. The zero-order chi connectivity index (χ0) is 35.2. The first-order valence-corrected chi connectivity index (χ1v) is 17.4. The third-order valence-electron chi connectivity index (χ3n) is 9.49. The molecule has 258 valence electrons. The van der Waals surface area contributed by atoms with E-state index in [1.54, 1.807) is 40.3 Å². The first-order valence-electron chi connectivity index (χ1n) is 17.4. The predicted octanol–water partition coefficient (Wildman–Crippen LogP) is 6.35. The van der Waals surface area contributed by atoms with Crippen molar-refractivity contribution in [2.24, 2.45) is 0 Å². The fourth-order valence-corrected chi connectivity index (χ4v) is 6.83. The molecule has 0 saturated carbocycles. The summed E-state index contributed by atoms with van der Waals surface area (Å²) in [7, 11) is 0. The maximum Gasteiger partial charge on any atom is 0.247 e. The van der Waals surface area contributed by atoms with Crippen LogP contribution in [0.15, 0.2) is 120 Å². The Balaban J connectivity index is 0.927. The number of nitrogens with one attached hydrogen (secondary N) is 2. The molecule has 0 spiro atoms. The minimum absolute atomic E-state index is 0.0435. The van der Waals surface area contributed by atoms with Crippen molar-refractivity contribution in [2.45, 2.75) is 50.6 Å². The van der Waals surface area contributed by atoms with Gasteiger partial charge in [0.05, 0.1) is 19.0 Å². The molecule has 4 amide bonds. The molecule has 0 bridgehead atoms. The second-order valence-electron chi connectivity index (χ2n) is 13.0. The number of likely N-dealkylation sites (tertiary alicyclic amines) is 2. The molecular formula is C41H39N5O5. The Morgan fingerprint density at radius 2 is 1.06 bits per heavy atom. The van der Waals surface area contributed by atoms with E-state index in [0.29, 0.717) is 49.0 Å². The highest BCUT2D eigenvalue weighted by molar-refractivity contribution is 5.98. The van der Waals surface area contributed by atoms with E-state index in [9.17, 15) is 19.2 Å². The van der Waals surface area contributed by atoms with Gasteiger partial charge in [-0.3, -0.25) is 19.2 Å². The van der Waals surface area contributed by atoms with Gasteiger partial charge in [0.2, 0.25) is 29.5 Å². The molecule has 2 fully saturated rings. The third kappa shape index (κ3) is 7.91. The highest BCUT2D eigenvalue weighted by Gasteiger charge is 2.35. The number of carbonyl (C=O) groups is 4. The summed E-state index contributed by atoms with van der Waals surface area (Å²) in [4.78, 5) is 60.1. The smallest absolute Gasteiger partial charge is 0.247 e. The van der Waals surface area contributed by atoms with E-state index >= 15 is 0 Å². The van der Waals surface area contributed by atoms with Crippen LogP contribution >= 0.6 is 0 Å². The first-order chi connectivity index (χ1) is 24.9. The van der Waals surface area contributed by atoms with E-state index in [0.717, 1.165) is 35.1 Å². The Labute approximate surface area is 296 Å². The van der Waals surface area contributed by atoms with Gasteiger partial charge in [0.25, 0.3) is 0 Å². The number of hydrogen-bond acceptors (Lipinski definition) is 6. The molecule has 0 radical (unpaired) electrons. The predicted molar refractivity (Wildman–Crippen MR) is 194 cm³/mol. The molecule has 1 aromatic heterocycles. The highest BCUT2D eigenvalue weighted by Crippen LogP contribution is 2.29. The van der Waals surface area contributed by atoms with Crippen molar-refractivity contribution in [2.75, 3.05) is 23.7 Å². The molecule has 2 N–H and O–H groups in total. The Morgan fingerprint density at radius 3 is 1.53 bits per heavy atom. The number of carbonyl (C=O) groups excluding carboxylic acids is 4. The SMILES string of the molecule is O=C(Nc1ccc(-c2cnc(-c3ccc(NC(=O)C4CCCN4C(=O)Cc4ccccc4)cc3)o2)cc1)C1CCCN1C(=O)Cc1ccccc1. The quantitative estimate of drug-likeness (QED) is 0.177. The summed E-state index contributed by atoms with van der Waals surface area (Å²) in [6, 6.07) is 32.7. The number of aromatic nitrogens is 1. The molecule has 2 aliphatic rings. The number of rotatable bonds is 10. The van der Waals surface area contributed by atoms with Crippen LogP contribution in [0.25, 0.3) is 22.8 Å². The Morgan fingerprint density at radius 1 is 0.608 bits per heavy atom. The van der Waals surface area contributed by atoms with E-state index in [1.807, 2.05) is 84.9 Å². The fourth-order valence-electron chi connectivity index (χ4n) is 6.83. The van der Waals surface area contributed by atoms with E-state index in [-0.39, 0.29) is 36.5 Å². The van der Waals surface area contributed by atoms with Crippen LogP contribution in [0.2, 0.25) is 0 Å². The van der Waals surface area contributed by atoms with Crippen LogP contribution < -0.4 is 10.6 Å². The largest absolute Gasteiger partial charge is 0.436 e. The third-order valence-corrected chi connectivity index (χ3v) is 9.49. The summed E-state index contributed by atoms with van der Waals surface area (Å²) in [5.74, 6) is 0.511. The molecule has 10 heteroatoms. The van der Waals surface area contributed by atoms with Gasteiger partial charge in [-0.15, -0.1) is 0 Å². The number of benzene rings is 4. The molecule has 10 nitrogen and oxygen atoms in total. The van der Waals surface area contributed by atoms with E-state index < -0.39 is 12.1 Å². The van der Waals surface area contributed by atoms with Gasteiger partial charge in [-0.25, -0.2) is 4.98 Å². The Hall–Kier alpha value is -6.03. The molecule has 3 heterocycles. The van der Waals surface area contributed by atoms with Crippen LogP contribution in [0.1, 0.15) is 36.8 Å². The van der Waals surface area contributed by atoms with Gasteiger partial charge in [0.15, 0.2) is 5.76 Å². The van der Waals surface area contributed by atoms with Gasteiger partial charge in [-0.1, -0.05) is 60.7 Å². The lowest BCUT2D eigenvalue weighted by atomic mass is 10.1. The maximum absolute atomic E-state index is 13.2. The zero-order valence-electron chi connectivity index (χ0n) is 28.2. The zero-order valence-corrected chi connectivity index (χ0v) is 28.2. The maximum atomic E-state index is 13.2. The Bertz CT molecular complexity index is 1850. The summed E-state index contributed by atoms with van der Waals surface area (Å²) in [6.07, 6.45) is 5.04. The topological polar surface area (TPSA) is 125 Å². The molecule has 4 aromatic carbocycles. The molecule has 7 rings (SSSR count).